The second-order valence-electron chi connectivity index (χ2n) is 32.4. The number of aromatic nitrogens is 6. The molecule has 0 amide bonds. The van der Waals surface area contributed by atoms with E-state index in [1.165, 1.54) is 62.4 Å². The van der Waals surface area contributed by atoms with Crippen LogP contribution < -0.4 is 28.4 Å². The zero-order valence-corrected chi connectivity index (χ0v) is 70.3. The zero-order valence-electron chi connectivity index (χ0n) is 70.3. The fourth-order valence-electron chi connectivity index (χ4n) is 17.7. The molecule has 0 N–H and O–H groups in total. The fourth-order valence-corrected chi connectivity index (χ4v) is 17.7. The maximum absolute atomic E-state index is 12.8. The highest BCUT2D eigenvalue weighted by Crippen LogP contribution is 2.51. The van der Waals surface area contributed by atoms with Gasteiger partial charge in [-0.2, -0.15) is 0 Å². The molecular formula is C111H84N6O12. The van der Waals surface area contributed by atoms with Gasteiger partial charge in [-0.05, 0) is 257 Å². The molecular weight excluding hydrogens is 1610 g/mol. The van der Waals surface area contributed by atoms with E-state index >= 15 is 0 Å². The Balaban J connectivity index is 0.000000126. The third kappa shape index (κ3) is 18.3. The Morgan fingerprint density at radius 2 is 0.512 bits per heavy atom. The molecule has 630 valence electrons. The number of carbonyl (C=O) groups is 6. The monoisotopic (exact) mass is 1690 g/mol. The molecule has 3 aliphatic heterocycles. The number of ketones is 6. The van der Waals surface area contributed by atoms with Crippen LogP contribution in [-0.2, 0) is 9.59 Å². The maximum atomic E-state index is 12.8. The van der Waals surface area contributed by atoms with E-state index in [2.05, 4.69) is 103 Å². The van der Waals surface area contributed by atoms with E-state index in [0.29, 0.717) is 22.5 Å². The van der Waals surface area contributed by atoms with Gasteiger partial charge in [0.25, 0.3) is 0 Å². The van der Waals surface area contributed by atoms with Gasteiger partial charge in [0.05, 0.1) is 11.1 Å². The first-order valence-electron chi connectivity index (χ1n) is 43.3. The molecule has 16 aromatic rings. The lowest BCUT2D eigenvalue weighted by atomic mass is 9.86. The van der Waals surface area contributed by atoms with E-state index in [1.807, 2.05) is 121 Å². The number of nitrogens with zero attached hydrogens (tertiary/aromatic N) is 6. The number of hydrogen-bond acceptors (Lipinski definition) is 18. The lowest BCUT2D eigenvalue weighted by Crippen LogP contribution is -2.15. The van der Waals surface area contributed by atoms with Crippen molar-refractivity contribution in [3.63, 3.8) is 0 Å². The minimum atomic E-state index is -0.166. The van der Waals surface area contributed by atoms with Crippen molar-refractivity contribution in [3.05, 3.63) is 361 Å². The third-order valence-corrected chi connectivity index (χ3v) is 24.2. The van der Waals surface area contributed by atoms with Crippen LogP contribution in [0, 0.1) is 11.8 Å². The van der Waals surface area contributed by atoms with Gasteiger partial charge in [0.15, 0.2) is 23.1 Å². The van der Waals surface area contributed by atoms with Gasteiger partial charge in [-0.15, -0.1) is 0 Å². The number of hydrogen-bond donors (Lipinski definition) is 0. The average Bonchev–Trinajstić information content (AvgIpc) is 1.70. The Kier molecular flexibility index (Phi) is 24.2. The molecule has 0 saturated heterocycles. The molecule has 18 heteroatoms. The number of carbonyl (C=O) groups excluding carboxylic acids is 6. The van der Waals surface area contributed by atoms with Crippen molar-refractivity contribution in [2.75, 3.05) is 20.4 Å². The molecule has 18 nitrogen and oxygen atoms in total. The smallest absolute Gasteiger partial charge is 0.230 e. The molecule has 0 bridgehead atoms. The summed E-state index contributed by atoms with van der Waals surface area (Å²) >= 11 is 0. The fraction of sp³-hybridized carbons (Fsp3) is 0.135. The van der Waals surface area contributed by atoms with Gasteiger partial charge in [-0.1, -0.05) is 196 Å². The van der Waals surface area contributed by atoms with Gasteiger partial charge in [0.1, 0.15) is 58.5 Å². The zero-order chi connectivity index (χ0) is 87.5. The highest BCUT2D eigenvalue weighted by Gasteiger charge is 2.28. The molecule has 5 aliphatic rings. The summed E-state index contributed by atoms with van der Waals surface area (Å²) in [6.07, 6.45) is 43.9. The summed E-state index contributed by atoms with van der Waals surface area (Å²) in [4.78, 5) is 99.5. The Morgan fingerprint density at radius 1 is 0.264 bits per heavy atom. The largest absolute Gasteiger partial charge is 0.457 e. The molecule has 0 spiro atoms. The lowest BCUT2D eigenvalue weighted by molar-refractivity contribution is -0.119. The number of fused-ring (bicyclic) bond motifs is 21. The SMILES string of the molecule is O=C(/C=C\c1ccc2c3c(ccc2c1)OCOc1ccc2cc(/C=C\C(=O)C4CCCCC4)ccc2c1-3)C1CCCCC1.O=C(/C=C\c1ccc2c3c(ccc2c1)OCOc1ccc2cc(/C=C\C(=O)c4ccccn4)ccc2c1-3)c1ccccn1.O=C(/C=C\c1ccc2c3c(ccc2c1)OCOc1ccc2cc(/C=C\C(=O)c4cncnc4)ccc2c1-3)c1cncnc1. The first-order valence-corrected chi connectivity index (χ1v) is 43.3. The normalized spacial score (nSPS) is 14.3. The molecule has 4 aromatic heterocycles. The maximum Gasteiger partial charge on any atom is 0.230 e. The molecule has 2 fully saturated rings. The Labute approximate surface area is 743 Å². The number of allylic oxidation sites excluding steroid dienone is 6. The highest BCUT2D eigenvalue weighted by molar-refractivity contribution is 6.16. The first-order chi connectivity index (χ1) is 63.4. The Morgan fingerprint density at radius 3 is 0.760 bits per heavy atom. The average molecular weight is 1690 g/mol. The van der Waals surface area contributed by atoms with Crippen LogP contribution in [0.3, 0.4) is 0 Å². The van der Waals surface area contributed by atoms with Crippen LogP contribution in [0.1, 0.15) is 139 Å². The van der Waals surface area contributed by atoms with Gasteiger partial charge < -0.3 is 28.4 Å². The van der Waals surface area contributed by atoms with Crippen LogP contribution in [0.5, 0.6) is 34.5 Å². The number of benzene rings is 12. The van der Waals surface area contributed by atoms with Crippen LogP contribution in [-0.4, -0.2) is 85.0 Å². The van der Waals surface area contributed by atoms with Crippen molar-refractivity contribution < 1.29 is 57.2 Å². The van der Waals surface area contributed by atoms with E-state index in [0.717, 1.165) is 217 Å². The van der Waals surface area contributed by atoms with Crippen molar-refractivity contribution in [2.24, 2.45) is 11.8 Å². The molecule has 0 unspecified atom stereocenters. The van der Waals surface area contributed by atoms with Crippen LogP contribution in [0.4, 0.5) is 0 Å². The lowest BCUT2D eigenvalue weighted by Gasteiger charge is -2.18. The predicted octanol–water partition coefficient (Wildman–Crippen LogP) is 24.4. The second kappa shape index (κ2) is 37.8. The van der Waals surface area contributed by atoms with Gasteiger partial charge in [0, 0.05) is 82.4 Å². The highest BCUT2D eigenvalue weighted by atomic mass is 16.7. The van der Waals surface area contributed by atoms with E-state index in [9.17, 15) is 28.8 Å². The topological polar surface area (TPSA) is 235 Å². The summed E-state index contributed by atoms with van der Waals surface area (Å²) in [5, 5.41) is 12.3. The molecule has 2 aliphatic carbocycles. The summed E-state index contributed by atoms with van der Waals surface area (Å²) in [5.74, 6) is 4.72. The van der Waals surface area contributed by atoms with Gasteiger partial charge in [0.2, 0.25) is 31.9 Å². The van der Waals surface area contributed by atoms with Gasteiger partial charge in [-0.25, -0.2) is 19.9 Å². The molecule has 21 rings (SSSR count). The standard InChI is InChI=1S/C39H38O4.C37H24N2O4.C35H22N4O4/c40-34(28-7-3-1-4-8-28)19-13-26-11-17-32-30(23-26)15-21-36-38(32)39-33-18-12-27(14-20-35(41)29-9-5-2-6-10-29)24-31(33)16-22-37(39)43-25-42-36;40-32(30-5-1-3-19-38-30)15-9-24-7-13-28-26(21-24)11-17-34-36(28)37-29-14-8-25(10-16-33(41)31-6-2-4-20-39-31)22-27(29)12-18-35(37)43-23-42-34;40-30(26-15-36-19-37-16-26)9-3-22-1-7-28-24(13-22)5-11-32-34(28)35-29-8-2-23(4-10-31(41)27-17-38-20-39-18-27)14-25(29)6-12-33(35)43-21-42-32/h11-24,28-29H,1-10,25H2;1-22H,23H2;1-20H,21H2/b19-13-,20-14-;15-9-,16-10-;9-3-,10-4-. The quantitative estimate of drug-likeness (QED) is 0.0573. The minimum absolute atomic E-state index is 0.0925. The van der Waals surface area contributed by atoms with Crippen molar-refractivity contribution >= 4 is 136 Å². The van der Waals surface area contributed by atoms with Crippen molar-refractivity contribution in [3.8, 4) is 67.9 Å². The summed E-state index contributed by atoms with van der Waals surface area (Å²) in [6, 6.07) is 71.6. The summed E-state index contributed by atoms with van der Waals surface area (Å²) in [7, 11) is 0. The first kappa shape index (κ1) is 82.5. The Bertz CT molecular complexity index is 6570. The Hall–Kier alpha value is -16.1. The van der Waals surface area contributed by atoms with Crippen LogP contribution in [0.25, 0.3) is 134 Å². The van der Waals surface area contributed by atoms with Crippen LogP contribution >= 0.6 is 0 Å². The molecule has 0 atom stereocenters. The van der Waals surface area contributed by atoms with Crippen LogP contribution in [0.2, 0.25) is 0 Å². The van der Waals surface area contributed by atoms with Crippen molar-refractivity contribution in [1.82, 2.24) is 29.9 Å². The summed E-state index contributed by atoms with van der Waals surface area (Å²) in [5.41, 5.74) is 13.1. The second-order valence-corrected chi connectivity index (χ2v) is 32.4. The number of ether oxygens (including phenoxy) is 6. The molecule has 7 heterocycles. The summed E-state index contributed by atoms with van der Waals surface area (Å²) < 4.78 is 36.3. The van der Waals surface area contributed by atoms with E-state index in [-0.39, 0.29) is 66.9 Å². The summed E-state index contributed by atoms with van der Waals surface area (Å²) in [6.45, 7) is 0.338. The van der Waals surface area contributed by atoms with E-state index < -0.39 is 0 Å². The molecule has 0 radical (unpaired) electrons. The molecule has 129 heavy (non-hydrogen) atoms. The number of pyridine rings is 2. The van der Waals surface area contributed by atoms with E-state index in [1.54, 1.807) is 97.4 Å². The van der Waals surface area contributed by atoms with E-state index in [4.69, 9.17) is 28.4 Å². The molecule has 2 saturated carbocycles. The predicted molar refractivity (Wildman–Crippen MR) is 506 cm³/mol. The minimum Gasteiger partial charge on any atom is -0.457 e. The van der Waals surface area contributed by atoms with Crippen molar-refractivity contribution in [1.29, 1.82) is 0 Å². The van der Waals surface area contributed by atoms with Crippen LogP contribution in [0.15, 0.2) is 305 Å². The van der Waals surface area contributed by atoms with Gasteiger partial charge in [-0.3, -0.25) is 38.7 Å². The molecule has 12 aromatic carbocycles. The third-order valence-electron chi connectivity index (χ3n) is 24.2. The van der Waals surface area contributed by atoms with Crippen molar-refractivity contribution in [2.45, 2.75) is 64.2 Å². The van der Waals surface area contributed by atoms with Gasteiger partial charge >= 0.3 is 0 Å². The number of rotatable bonds is 18.